The largest absolute Gasteiger partial charge is 0.455 e. The van der Waals surface area contributed by atoms with E-state index in [1.165, 1.54) is 11.1 Å². The maximum Gasteiger partial charge on any atom is 0.289 e. The minimum atomic E-state index is -0.0774. The number of carbonyl (C=O) groups excluding carboxylic acids is 1. The lowest BCUT2D eigenvalue weighted by Crippen LogP contribution is -2.40. The molecule has 0 N–H and O–H groups in total. The zero-order valence-electron chi connectivity index (χ0n) is 21.6. The van der Waals surface area contributed by atoms with E-state index in [4.69, 9.17) is 4.42 Å². The van der Waals surface area contributed by atoms with Gasteiger partial charge in [0.15, 0.2) is 5.76 Å². The molecular formula is C32H36N2O2. The lowest BCUT2D eigenvalue weighted by atomic mass is 10.0. The van der Waals surface area contributed by atoms with Crippen molar-refractivity contribution in [1.82, 2.24) is 9.80 Å². The van der Waals surface area contributed by atoms with Crippen LogP contribution in [0, 0.1) is 0 Å². The Morgan fingerprint density at radius 1 is 0.667 bits per heavy atom. The number of rotatable bonds is 10. The number of furan rings is 1. The Kier molecular flexibility index (Phi) is 8.40. The Morgan fingerprint density at radius 2 is 1.19 bits per heavy atom. The minimum Gasteiger partial charge on any atom is -0.455 e. The first-order chi connectivity index (χ1) is 17.4. The smallest absolute Gasteiger partial charge is 0.289 e. The third-order valence-corrected chi connectivity index (χ3v) is 6.40. The molecule has 0 aliphatic heterocycles. The Balaban J connectivity index is 1.49. The molecule has 0 fully saturated rings. The summed E-state index contributed by atoms with van der Waals surface area (Å²) in [7, 11) is 0. The maximum absolute atomic E-state index is 13.6. The van der Waals surface area contributed by atoms with Gasteiger partial charge in [-0.25, -0.2) is 0 Å². The van der Waals surface area contributed by atoms with Gasteiger partial charge in [-0.1, -0.05) is 91.0 Å². The normalized spacial score (nSPS) is 11.6. The summed E-state index contributed by atoms with van der Waals surface area (Å²) in [6.07, 6.45) is 0.794. The summed E-state index contributed by atoms with van der Waals surface area (Å²) >= 11 is 0. The molecule has 1 amide bonds. The average Bonchev–Trinajstić information content (AvgIpc) is 3.36. The first-order valence-corrected chi connectivity index (χ1v) is 12.6. The highest BCUT2D eigenvalue weighted by atomic mass is 16.4. The van der Waals surface area contributed by atoms with Crippen LogP contribution in [0.15, 0.2) is 108 Å². The summed E-state index contributed by atoms with van der Waals surface area (Å²) in [4.78, 5) is 17.8. The molecule has 0 radical (unpaired) electrons. The minimum absolute atomic E-state index is 0.0537. The molecule has 186 valence electrons. The molecule has 1 aromatic heterocycles. The molecule has 3 aromatic carbocycles. The van der Waals surface area contributed by atoms with Crippen LogP contribution in [0.25, 0.3) is 0 Å². The summed E-state index contributed by atoms with van der Waals surface area (Å²) in [5.74, 6) is 1.11. The van der Waals surface area contributed by atoms with Crippen molar-refractivity contribution in [3.63, 3.8) is 0 Å². The molecule has 0 unspecified atom stereocenters. The topological polar surface area (TPSA) is 36.7 Å². The van der Waals surface area contributed by atoms with Gasteiger partial charge in [0.2, 0.25) is 0 Å². The van der Waals surface area contributed by atoms with Crippen molar-refractivity contribution in [2.24, 2.45) is 0 Å². The number of hydrogen-bond acceptors (Lipinski definition) is 3. The highest BCUT2D eigenvalue weighted by molar-refractivity contribution is 5.91. The van der Waals surface area contributed by atoms with Crippen LogP contribution in [0.2, 0.25) is 0 Å². The fourth-order valence-electron chi connectivity index (χ4n) is 4.22. The summed E-state index contributed by atoms with van der Waals surface area (Å²) in [5, 5.41) is 0. The van der Waals surface area contributed by atoms with Crippen LogP contribution in [0.1, 0.15) is 53.8 Å². The van der Waals surface area contributed by atoms with E-state index >= 15 is 0 Å². The maximum atomic E-state index is 13.6. The van der Waals surface area contributed by atoms with Gasteiger partial charge in [0.25, 0.3) is 5.91 Å². The van der Waals surface area contributed by atoms with E-state index < -0.39 is 0 Å². The molecule has 4 nitrogen and oxygen atoms in total. The van der Waals surface area contributed by atoms with Crippen LogP contribution >= 0.6 is 0 Å². The second-order valence-corrected chi connectivity index (χ2v) is 10.2. The molecule has 0 aliphatic carbocycles. The van der Waals surface area contributed by atoms with Crippen molar-refractivity contribution >= 4 is 5.91 Å². The fraction of sp³-hybridized carbons (Fsp3) is 0.281. The van der Waals surface area contributed by atoms with Crippen LogP contribution in [0.3, 0.4) is 0 Å². The van der Waals surface area contributed by atoms with Gasteiger partial charge < -0.3 is 9.32 Å². The molecule has 0 aliphatic rings. The quantitative estimate of drug-likeness (QED) is 0.246. The SMILES string of the molecule is CC(C)(C)N(Cc1ccccc1)Cc1ccc(C(=O)N(CCc2ccccc2)Cc2ccccc2)o1. The van der Waals surface area contributed by atoms with Gasteiger partial charge >= 0.3 is 0 Å². The van der Waals surface area contributed by atoms with Crippen molar-refractivity contribution in [3.8, 4) is 0 Å². The third kappa shape index (κ3) is 7.19. The average molecular weight is 481 g/mol. The molecule has 0 saturated carbocycles. The summed E-state index contributed by atoms with van der Waals surface area (Å²) < 4.78 is 6.15. The standard InChI is InChI=1S/C32H36N2O2/c1-32(2,3)34(24-28-17-11-6-12-18-28)25-29-19-20-30(36-29)31(35)33(23-27-15-9-5-10-16-27)22-21-26-13-7-4-8-14-26/h4-20H,21-25H2,1-3H3. The van der Waals surface area contributed by atoms with Gasteiger partial charge in [0, 0.05) is 25.2 Å². The van der Waals surface area contributed by atoms with Crippen molar-refractivity contribution in [2.75, 3.05) is 6.54 Å². The number of nitrogens with zero attached hydrogens (tertiary/aromatic N) is 2. The third-order valence-electron chi connectivity index (χ3n) is 6.40. The molecule has 4 aromatic rings. The monoisotopic (exact) mass is 480 g/mol. The molecular weight excluding hydrogens is 444 g/mol. The van der Waals surface area contributed by atoms with E-state index in [0.29, 0.717) is 25.4 Å². The van der Waals surface area contributed by atoms with Gasteiger partial charge in [0.05, 0.1) is 6.54 Å². The second-order valence-electron chi connectivity index (χ2n) is 10.2. The number of benzene rings is 3. The van der Waals surface area contributed by atoms with Gasteiger partial charge in [-0.3, -0.25) is 9.69 Å². The van der Waals surface area contributed by atoms with E-state index in [1.807, 2.05) is 59.5 Å². The van der Waals surface area contributed by atoms with Gasteiger partial charge in [-0.2, -0.15) is 0 Å². The predicted molar refractivity (Wildman–Crippen MR) is 145 cm³/mol. The molecule has 0 saturated heterocycles. The van der Waals surface area contributed by atoms with E-state index in [-0.39, 0.29) is 11.4 Å². The molecule has 4 rings (SSSR count). The fourth-order valence-corrected chi connectivity index (χ4v) is 4.22. The van der Waals surface area contributed by atoms with Crippen LogP contribution < -0.4 is 0 Å². The highest BCUT2D eigenvalue weighted by Crippen LogP contribution is 2.23. The summed E-state index contributed by atoms with van der Waals surface area (Å²) in [5.41, 5.74) is 3.52. The van der Waals surface area contributed by atoms with Gasteiger partial charge in [-0.05, 0) is 56.0 Å². The first-order valence-electron chi connectivity index (χ1n) is 12.6. The molecule has 4 heteroatoms. The van der Waals surface area contributed by atoms with E-state index in [9.17, 15) is 4.79 Å². The lowest BCUT2D eigenvalue weighted by Gasteiger charge is -2.35. The number of hydrogen-bond donors (Lipinski definition) is 0. The molecule has 36 heavy (non-hydrogen) atoms. The molecule has 0 bridgehead atoms. The number of amides is 1. The Bertz CT molecular complexity index is 1210. The summed E-state index contributed by atoms with van der Waals surface area (Å²) in [6.45, 7) is 9.23. The zero-order chi connectivity index (χ0) is 25.4. The molecule has 1 heterocycles. The predicted octanol–water partition coefficient (Wildman–Crippen LogP) is 6.97. The first kappa shape index (κ1) is 25.5. The van der Waals surface area contributed by atoms with Crippen molar-refractivity contribution in [3.05, 3.63) is 131 Å². The second kappa shape index (κ2) is 11.9. The number of carbonyl (C=O) groups is 1. The Hall–Kier alpha value is -3.63. The Morgan fingerprint density at radius 3 is 1.75 bits per heavy atom. The zero-order valence-corrected chi connectivity index (χ0v) is 21.6. The van der Waals surface area contributed by atoms with Crippen LogP contribution in [-0.4, -0.2) is 27.8 Å². The van der Waals surface area contributed by atoms with E-state index in [0.717, 1.165) is 24.3 Å². The van der Waals surface area contributed by atoms with Crippen molar-refractivity contribution in [2.45, 2.75) is 52.4 Å². The molecule has 0 atom stereocenters. The van der Waals surface area contributed by atoms with Crippen molar-refractivity contribution < 1.29 is 9.21 Å². The highest BCUT2D eigenvalue weighted by Gasteiger charge is 2.25. The summed E-state index contributed by atoms with van der Waals surface area (Å²) in [6, 6.07) is 34.6. The molecule has 0 spiro atoms. The van der Waals surface area contributed by atoms with Crippen LogP contribution in [-0.2, 0) is 26.1 Å². The van der Waals surface area contributed by atoms with E-state index in [2.05, 4.69) is 74.2 Å². The van der Waals surface area contributed by atoms with Crippen LogP contribution in [0.5, 0.6) is 0 Å². The van der Waals surface area contributed by atoms with Crippen molar-refractivity contribution in [1.29, 1.82) is 0 Å². The van der Waals surface area contributed by atoms with Gasteiger partial charge in [0.1, 0.15) is 5.76 Å². The Labute approximate surface area is 215 Å². The lowest BCUT2D eigenvalue weighted by molar-refractivity contribution is 0.0702. The van der Waals surface area contributed by atoms with Gasteiger partial charge in [-0.15, -0.1) is 0 Å². The van der Waals surface area contributed by atoms with E-state index in [1.54, 1.807) is 0 Å². The van der Waals surface area contributed by atoms with Crippen LogP contribution in [0.4, 0.5) is 0 Å².